The number of nitrogens with one attached hydrogen (secondary N) is 1. The van der Waals surface area contributed by atoms with Crippen LogP contribution in [0.2, 0.25) is 0 Å². The molecule has 0 unspecified atom stereocenters. The fourth-order valence-corrected chi connectivity index (χ4v) is 1.51. The van der Waals surface area contributed by atoms with Gasteiger partial charge in [-0.1, -0.05) is 0 Å². The fourth-order valence-electron chi connectivity index (χ4n) is 1.29. The molecule has 1 rings (SSSR count). The number of halogens is 3. The zero-order valence-electron chi connectivity index (χ0n) is 8.93. The van der Waals surface area contributed by atoms with Gasteiger partial charge >= 0.3 is 5.97 Å². The number of carbonyl (C=O) groups excluding carboxylic acids is 1. The first-order valence-electron chi connectivity index (χ1n) is 4.78. The highest BCUT2D eigenvalue weighted by Crippen LogP contribution is 2.21. The normalized spacial score (nSPS) is 10.6. The molecule has 0 aliphatic carbocycles. The molecule has 0 aromatic carbocycles. The van der Waals surface area contributed by atoms with E-state index in [0.717, 1.165) is 6.07 Å². The van der Waals surface area contributed by atoms with Crippen molar-refractivity contribution in [2.75, 3.05) is 6.61 Å². The molecule has 17 heavy (non-hydrogen) atoms. The Morgan fingerprint density at radius 1 is 1.59 bits per heavy atom. The van der Waals surface area contributed by atoms with Crippen LogP contribution >= 0.6 is 11.6 Å². The number of carbonyl (C=O) groups is 1. The number of ether oxygens (including phenoxy) is 1. The van der Waals surface area contributed by atoms with Crippen LogP contribution < -0.4 is 5.56 Å². The zero-order valence-corrected chi connectivity index (χ0v) is 9.68. The van der Waals surface area contributed by atoms with Crippen molar-refractivity contribution in [1.29, 1.82) is 0 Å². The quantitative estimate of drug-likeness (QED) is 0.671. The molecule has 0 bridgehead atoms. The summed E-state index contributed by atoms with van der Waals surface area (Å²) in [4.78, 5) is 24.7. The average molecular weight is 266 g/mol. The molecule has 0 aliphatic rings. The first kappa shape index (κ1) is 13.6. The lowest BCUT2D eigenvalue weighted by Crippen LogP contribution is -2.21. The van der Waals surface area contributed by atoms with Crippen molar-refractivity contribution in [3.63, 3.8) is 0 Å². The molecule has 1 aromatic rings. The second-order valence-corrected chi connectivity index (χ2v) is 3.37. The SMILES string of the molecule is CCOC(=O)c1cc(CCl)c(C(F)F)c(=O)[nH]1. The lowest BCUT2D eigenvalue weighted by atomic mass is 10.1. The predicted octanol–water partition coefficient (Wildman–Crippen LogP) is 2.23. The van der Waals surface area contributed by atoms with E-state index < -0.39 is 23.5 Å². The molecule has 1 aromatic heterocycles. The minimum Gasteiger partial charge on any atom is -0.461 e. The van der Waals surface area contributed by atoms with Gasteiger partial charge in [-0.2, -0.15) is 0 Å². The first-order valence-corrected chi connectivity index (χ1v) is 5.32. The van der Waals surface area contributed by atoms with Crippen LogP contribution in [0.25, 0.3) is 0 Å². The third-order valence-electron chi connectivity index (χ3n) is 2.01. The van der Waals surface area contributed by atoms with Gasteiger partial charge in [-0.05, 0) is 18.6 Å². The summed E-state index contributed by atoms with van der Waals surface area (Å²) < 4.78 is 29.8. The number of rotatable bonds is 4. The minimum absolute atomic E-state index is 0.0755. The number of pyridine rings is 1. The molecular weight excluding hydrogens is 256 g/mol. The van der Waals surface area contributed by atoms with Gasteiger partial charge in [0.25, 0.3) is 12.0 Å². The van der Waals surface area contributed by atoms with Gasteiger partial charge in [0.15, 0.2) is 0 Å². The van der Waals surface area contributed by atoms with E-state index in [1.54, 1.807) is 6.92 Å². The van der Waals surface area contributed by atoms with E-state index in [1.807, 2.05) is 4.98 Å². The van der Waals surface area contributed by atoms with E-state index in [-0.39, 0.29) is 23.7 Å². The maximum atomic E-state index is 12.6. The Bertz CT molecular complexity index is 473. The van der Waals surface area contributed by atoms with Crippen LogP contribution in [0.15, 0.2) is 10.9 Å². The monoisotopic (exact) mass is 265 g/mol. The molecule has 0 amide bonds. The highest BCUT2D eigenvalue weighted by molar-refractivity contribution is 6.17. The first-order chi connectivity index (χ1) is 8.01. The van der Waals surface area contributed by atoms with E-state index in [2.05, 4.69) is 4.74 Å². The van der Waals surface area contributed by atoms with E-state index in [4.69, 9.17) is 11.6 Å². The summed E-state index contributed by atoms with van der Waals surface area (Å²) in [6.07, 6.45) is -2.94. The van der Waals surface area contributed by atoms with Gasteiger partial charge in [0.2, 0.25) is 0 Å². The number of aromatic nitrogens is 1. The third kappa shape index (κ3) is 3.03. The largest absolute Gasteiger partial charge is 0.461 e. The average Bonchev–Trinajstić information content (AvgIpc) is 2.27. The number of hydrogen-bond acceptors (Lipinski definition) is 3. The van der Waals surface area contributed by atoms with Crippen molar-refractivity contribution >= 4 is 17.6 Å². The lowest BCUT2D eigenvalue weighted by molar-refractivity contribution is 0.0518. The predicted molar refractivity (Wildman–Crippen MR) is 57.5 cm³/mol. The Kier molecular flexibility index (Phi) is 4.62. The summed E-state index contributed by atoms with van der Waals surface area (Å²) in [6, 6.07) is 1.11. The Morgan fingerprint density at radius 3 is 2.71 bits per heavy atom. The van der Waals surface area contributed by atoms with Crippen LogP contribution in [0.5, 0.6) is 0 Å². The van der Waals surface area contributed by atoms with Crippen molar-refractivity contribution in [1.82, 2.24) is 4.98 Å². The van der Waals surface area contributed by atoms with E-state index in [9.17, 15) is 18.4 Å². The summed E-state index contributed by atoms with van der Waals surface area (Å²) in [7, 11) is 0. The molecule has 0 saturated heterocycles. The van der Waals surface area contributed by atoms with Crippen molar-refractivity contribution in [3.8, 4) is 0 Å². The molecule has 0 aliphatic heterocycles. The second kappa shape index (κ2) is 5.77. The standard InChI is InChI=1S/C10H10ClF2NO3/c1-2-17-10(16)6-3-5(4-11)7(8(12)13)9(15)14-6/h3,8H,2,4H2,1H3,(H,14,15). The Balaban J connectivity index is 3.27. The van der Waals surface area contributed by atoms with E-state index in [1.165, 1.54) is 0 Å². The van der Waals surface area contributed by atoms with Gasteiger partial charge in [-0.3, -0.25) is 4.79 Å². The molecule has 0 radical (unpaired) electrons. The van der Waals surface area contributed by atoms with Gasteiger partial charge in [0.05, 0.1) is 12.2 Å². The Labute approximate surface area is 101 Å². The number of H-pyrrole nitrogens is 1. The molecule has 0 atom stereocenters. The van der Waals surface area contributed by atoms with E-state index >= 15 is 0 Å². The Hall–Kier alpha value is -1.43. The summed E-state index contributed by atoms with van der Waals surface area (Å²) in [5.41, 5.74) is -2.00. The van der Waals surface area contributed by atoms with Gasteiger partial charge in [0.1, 0.15) is 5.69 Å². The second-order valence-electron chi connectivity index (χ2n) is 3.11. The van der Waals surface area contributed by atoms with Gasteiger partial charge in [0, 0.05) is 5.88 Å². The molecule has 0 saturated carbocycles. The van der Waals surface area contributed by atoms with Gasteiger partial charge < -0.3 is 9.72 Å². The number of esters is 1. The number of hydrogen-bond donors (Lipinski definition) is 1. The van der Waals surface area contributed by atoms with Crippen molar-refractivity contribution in [2.45, 2.75) is 19.2 Å². The fraction of sp³-hybridized carbons (Fsp3) is 0.400. The van der Waals surface area contributed by atoms with Crippen LogP contribution in [-0.2, 0) is 10.6 Å². The van der Waals surface area contributed by atoms with Gasteiger partial charge in [-0.15, -0.1) is 11.6 Å². The molecule has 1 N–H and O–H groups in total. The molecule has 0 fully saturated rings. The van der Waals surface area contributed by atoms with Crippen molar-refractivity contribution in [2.24, 2.45) is 0 Å². The van der Waals surface area contributed by atoms with Crippen LogP contribution in [0.1, 0.15) is 35.0 Å². The highest BCUT2D eigenvalue weighted by atomic mass is 35.5. The lowest BCUT2D eigenvalue weighted by Gasteiger charge is -2.07. The molecule has 0 spiro atoms. The highest BCUT2D eigenvalue weighted by Gasteiger charge is 2.20. The topological polar surface area (TPSA) is 59.2 Å². The summed E-state index contributed by atoms with van der Waals surface area (Å²) in [6.45, 7) is 1.71. The maximum Gasteiger partial charge on any atom is 0.354 e. The molecule has 4 nitrogen and oxygen atoms in total. The number of aromatic amines is 1. The summed E-state index contributed by atoms with van der Waals surface area (Å²) in [5, 5.41) is 0. The third-order valence-corrected chi connectivity index (χ3v) is 2.30. The van der Waals surface area contributed by atoms with Crippen molar-refractivity contribution in [3.05, 3.63) is 33.2 Å². The smallest absolute Gasteiger partial charge is 0.354 e. The molecule has 7 heteroatoms. The Morgan fingerprint density at radius 2 is 2.24 bits per heavy atom. The van der Waals surface area contributed by atoms with Crippen LogP contribution in [0, 0.1) is 0 Å². The van der Waals surface area contributed by atoms with E-state index in [0.29, 0.717) is 0 Å². The molecule has 1 heterocycles. The zero-order chi connectivity index (χ0) is 13.0. The summed E-state index contributed by atoms with van der Waals surface area (Å²) in [5.74, 6) is -1.06. The maximum absolute atomic E-state index is 12.6. The molecular formula is C10H10ClF2NO3. The van der Waals surface area contributed by atoms with Crippen LogP contribution in [0.4, 0.5) is 8.78 Å². The minimum atomic E-state index is -2.94. The van der Waals surface area contributed by atoms with Gasteiger partial charge in [-0.25, -0.2) is 13.6 Å². The van der Waals surface area contributed by atoms with Crippen LogP contribution in [-0.4, -0.2) is 17.6 Å². The molecule has 94 valence electrons. The van der Waals surface area contributed by atoms with Crippen molar-refractivity contribution < 1.29 is 18.3 Å². The number of alkyl halides is 3. The van der Waals surface area contributed by atoms with Crippen LogP contribution in [0.3, 0.4) is 0 Å². The summed E-state index contributed by atoms with van der Waals surface area (Å²) >= 11 is 5.46.